The van der Waals surface area contributed by atoms with Gasteiger partial charge in [0.15, 0.2) is 0 Å². The lowest BCUT2D eigenvalue weighted by molar-refractivity contribution is -0.117. The second-order valence-electron chi connectivity index (χ2n) is 3.18. The van der Waals surface area contributed by atoms with Crippen LogP contribution in [0.2, 0.25) is 0 Å². The minimum atomic E-state index is 0.832. The smallest absolute Gasteiger partial charge is 0.209 e. The fraction of sp³-hybridized carbons (Fsp3) is 0.364. The fourth-order valence-corrected chi connectivity index (χ4v) is 1.23. The molecule has 70 valence electrons. The molecular weight excluding hydrogens is 162 g/mol. The van der Waals surface area contributed by atoms with Crippen LogP contribution >= 0.6 is 0 Å². The van der Waals surface area contributed by atoms with Crippen molar-refractivity contribution in [1.29, 1.82) is 0 Å². The first-order valence-electron chi connectivity index (χ1n) is 4.52. The molecular formula is C11H15NO. The second-order valence-corrected chi connectivity index (χ2v) is 3.18. The van der Waals surface area contributed by atoms with Gasteiger partial charge < -0.3 is 4.90 Å². The Morgan fingerprint density at radius 1 is 1.31 bits per heavy atom. The molecule has 0 aliphatic carbocycles. The number of carbonyl (C=O) groups is 1. The number of aryl methyl sites for hydroxylation is 1. The lowest BCUT2D eigenvalue weighted by Crippen LogP contribution is -2.17. The molecule has 0 radical (unpaired) electrons. The van der Waals surface area contributed by atoms with Crippen molar-refractivity contribution in [3.63, 3.8) is 0 Å². The normalized spacial score (nSPS) is 9.62. The summed E-state index contributed by atoms with van der Waals surface area (Å²) < 4.78 is 0. The molecule has 0 aliphatic rings. The van der Waals surface area contributed by atoms with Crippen molar-refractivity contribution in [1.82, 2.24) is 4.90 Å². The van der Waals surface area contributed by atoms with E-state index in [0.717, 1.165) is 25.8 Å². The van der Waals surface area contributed by atoms with Crippen LogP contribution < -0.4 is 0 Å². The zero-order valence-corrected chi connectivity index (χ0v) is 7.94. The maximum absolute atomic E-state index is 10.3. The van der Waals surface area contributed by atoms with Gasteiger partial charge in [0.05, 0.1) is 0 Å². The number of hydrogen-bond acceptors (Lipinski definition) is 1. The van der Waals surface area contributed by atoms with Gasteiger partial charge in [-0.25, -0.2) is 0 Å². The van der Waals surface area contributed by atoms with E-state index >= 15 is 0 Å². The molecule has 1 amide bonds. The molecule has 0 atom stereocenters. The molecule has 0 N–H and O–H groups in total. The maximum Gasteiger partial charge on any atom is 0.209 e. The van der Waals surface area contributed by atoms with E-state index in [1.54, 1.807) is 11.9 Å². The van der Waals surface area contributed by atoms with Gasteiger partial charge in [-0.1, -0.05) is 30.3 Å². The molecule has 0 aliphatic heterocycles. The summed E-state index contributed by atoms with van der Waals surface area (Å²) in [5.74, 6) is 0. The predicted octanol–water partition coefficient (Wildman–Crippen LogP) is 1.71. The first-order valence-corrected chi connectivity index (χ1v) is 4.52. The molecule has 1 aromatic carbocycles. The van der Waals surface area contributed by atoms with Crippen molar-refractivity contribution in [2.75, 3.05) is 13.6 Å². The number of amides is 1. The average molecular weight is 177 g/mol. The molecule has 0 spiro atoms. The molecule has 0 bridgehead atoms. The Labute approximate surface area is 79.2 Å². The van der Waals surface area contributed by atoms with E-state index in [0.29, 0.717) is 0 Å². The maximum atomic E-state index is 10.3. The number of carbonyl (C=O) groups excluding carboxylic acids is 1. The molecule has 0 fully saturated rings. The van der Waals surface area contributed by atoms with Gasteiger partial charge in [0.25, 0.3) is 0 Å². The van der Waals surface area contributed by atoms with Crippen LogP contribution in [0.1, 0.15) is 12.0 Å². The van der Waals surface area contributed by atoms with Gasteiger partial charge in [0.1, 0.15) is 0 Å². The summed E-state index contributed by atoms with van der Waals surface area (Å²) in [6.07, 6.45) is 2.93. The first kappa shape index (κ1) is 9.78. The summed E-state index contributed by atoms with van der Waals surface area (Å²) in [7, 11) is 1.80. The van der Waals surface area contributed by atoms with E-state index in [2.05, 4.69) is 12.1 Å². The second kappa shape index (κ2) is 5.36. The molecule has 2 heteroatoms. The Kier molecular flexibility index (Phi) is 4.03. The van der Waals surface area contributed by atoms with Crippen molar-refractivity contribution in [3.05, 3.63) is 35.9 Å². The Bertz CT molecular complexity index is 246. The number of benzene rings is 1. The third kappa shape index (κ3) is 3.74. The highest BCUT2D eigenvalue weighted by Gasteiger charge is 1.94. The lowest BCUT2D eigenvalue weighted by Gasteiger charge is -2.09. The topological polar surface area (TPSA) is 20.3 Å². The van der Waals surface area contributed by atoms with Gasteiger partial charge in [-0.15, -0.1) is 0 Å². The molecule has 1 rings (SSSR count). The highest BCUT2D eigenvalue weighted by molar-refractivity contribution is 5.46. The Morgan fingerprint density at radius 3 is 2.62 bits per heavy atom. The number of rotatable bonds is 5. The Hall–Kier alpha value is -1.31. The summed E-state index contributed by atoms with van der Waals surface area (Å²) in [6.45, 7) is 0.832. The lowest BCUT2D eigenvalue weighted by atomic mass is 10.1. The molecule has 1 aromatic rings. The monoisotopic (exact) mass is 177 g/mol. The number of hydrogen-bond donors (Lipinski definition) is 0. The zero-order valence-electron chi connectivity index (χ0n) is 7.94. The summed E-state index contributed by atoms with van der Waals surface area (Å²) in [5.41, 5.74) is 1.33. The van der Waals surface area contributed by atoms with E-state index in [1.807, 2.05) is 18.2 Å². The predicted molar refractivity (Wildman–Crippen MR) is 53.5 cm³/mol. The summed E-state index contributed by atoms with van der Waals surface area (Å²) in [5, 5.41) is 0. The quantitative estimate of drug-likeness (QED) is 0.627. The van der Waals surface area contributed by atoms with Gasteiger partial charge >= 0.3 is 0 Å². The summed E-state index contributed by atoms with van der Waals surface area (Å²) in [6, 6.07) is 10.3. The molecule has 13 heavy (non-hydrogen) atoms. The van der Waals surface area contributed by atoms with Gasteiger partial charge in [-0.2, -0.15) is 0 Å². The van der Waals surface area contributed by atoms with Crippen molar-refractivity contribution in [3.8, 4) is 0 Å². The molecule has 0 unspecified atom stereocenters. The van der Waals surface area contributed by atoms with Crippen LogP contribution in [0.5, 0.6) is 0 Å². The van der Waals surface area contributed by atoms with Gasteiger partial charge in [-0.3, -0.25) is 4.79 Å². The van der Waals surface area contributed by atoms with E-state index in [1.165, 1.54) is 5.56 Å². The third-order valence-electron chi connectivity index (χ3n) is 2.00. The van der Waals surface area contributed by atoms with E-state index in [9.17, 15) is 4.79 Å². The van der Waals surface area contributed by atoms with Crippen molar-refractivity contribution in [2.45, 2.75) is 12.8 Å². The van der Waals surface area contributed by atoms with Crippen LogP contribution in [-0.4, -0.2) is 24.9 Å². The summed E-state index contributed by atoms with van der Waals surface area (Å²) in [4.78, 5) is 11.9. The van der Waals surface area contributed by atoms with Crippen LogP contribution in [0.15, 0.2) is 30.3 Å². The molecule has 0 aromatic heterocycles. The Balaban J connectivity index is 2.24. The van der Waals surface area contributed by atoms with Gasteiger partial charge in [0, 0.05) is 13.6 Å². The van der Waals surface area contributed by atoms with E-state index in [-0.39, 0.29) is 0 Å². The van der Waals surface area contributed by atoms with Crippen molar-refractivity contribution >= 4 is 6.41 Å². The largest absolute Gasteiger partial charge is 0.348 e. The molecule has 0 saturated heterocycles. The van der Waals surface area contributed by atoms with Gasteiger partial charge in [-0.05, 0) is 18.4 Å². The summed E-state index contributed by atoms with van der Waals surface area (Å²) >= 11 is 0. The van der Waals surface area contributed by atoms with E-state index < -0.39 is 0 Å². The Morgan fingerprint density at radius 2 is 2.00 bits per heavy atom. The molecule has 0 heterocycles. The van der Waals surface area contributed by atoms with Crippen LogP contribution in [-0.2, 0) is 11.2 Å². The van der Waals surface area contributed by atoms with Crippen LogP contribution in [0.3, 0.4) is 0 Å². The zero-order chi connectivity index (χ0) is 9.52. The van der Waals surface area contributed by atoms with Crippen molar-refractivity contribution < 1.29 is 4.79 Å². The van der Waals surface area contributed by atoms with Crippen LogP contribution in [0.4, 0.5) is 0 Å². The minimum Gasteiger partial charge on any atom is -0.348 e. The molecule has 2 nitrogen and oxygen atoms in total. The average Bonchev–Trinajstić information content (AvgIpc) is 2.19. The van der Waals surface area contributed by atoms with Crippen molar-refractivity contribution in [2.24, 2.45) is 0 Å². The van der Waals surface area contributed by atoms with Crippen LogP contribution in [0.25, 0.3) is 0 Å². The minimum absolute atomic E-state index is 0.832. The van der Waals surface area contributed by atoms with Crippen LogP contribution in [0, 0.1) is 0 Å². The SMILES string of the molecule is CN(C=O)CCCc1ccccc1. The highest BCUT2D eigenvalue weighted by Crippen LogP contribution is 2.02. The molecule has 0 saturated carbocycles. The number of nitrogens with zero attached hydrogens (tertiary/aromatic N) is 1. The standard InChI is InChI=1S/C11H15NO/c1-12(10-13)9-5-8-11-6-3-2-4-7-11/h2-4,6-7,10H,5,8-9H2,1H3. The highest BCUT2D eigenvalue weighted by atomic mass is 16.1. The first-order chi connectivity index (χ1) is 6.33. The van der Waals surface area contributed by atoms with Gasteiger partial charge in [0.2, 0.25) is 6.41 Å². The fourth-order valence-electron chi connectivity index (χ4n) is 1.23. The third-order valence-corrected chi connectivity index (χ3v) is 2.00. The van der Waals surface area contributed by atoms with E-state index in [4.69, 9.17) is 0 Å².